The van der Waals surface area contributed by atoms with E-state index in [0.29, 0.717) is 35.8 Å². The predicted octanol–water partition coefficient (Wildman–Crippen LogP) is 2.48. The van der Waals surface area contributed by atoms with Gasteiger partial charge in [0.15, 0.2) is 5.76 Å². The van der Waals surface area contributed by atoms with Gasteiger partial charge in [-0.2, -0.15) is 19.5 Å². The average Bonchev–Trinajstić information content (AvgIpc) is 3.25. The summed E-state index contributed by atoms with van der Waals surface area (Å²) >= 11 is 0. The summed E-state index contributed by atoms with van der Waals surface area (Å²) in [5.74, 6) is 3.52. The molecular formula is C23H32N8O2. The van der Waals surface area contributed by atoms with Crippen LogP contribution in [0, 0.1) is 5.92 Å². The lowest BCUT2D eigenvalue weighted by molar-refractivity contribution is 0.160. The Balaban J connectivity index is 1.29. The molecule has 1 saturated heterocycles. The van der Waals surface area contributed by atoms with Gasteiger partial charge in [-0.25, -0.2) is 0 Å². The largest absolute Gasteiger partial charge is 0.493 e. The molecule has 0 saturated carbocycles. The molecule has 0 radical (unpaired) electrons. The number of likely N-dealkylation sites (tertiary alicyclic amines) is 1. The molecule has 3 N–H and O–H groups in total. The summed E-state index contributed by atoms with van der Waals surface area (Å²) in [4.78, 5) is 15.4. The minimum atomic E-state index is 0.207. The van der Waals surface area contributed by atoms with Gasteiger partial charge in [0, 0.05) is 6.54 Å². The van der Waals surface area contributed by atoms with Crippen LogP contribution in [-0.2, 0) is 11.2 Å². The Morgan fingerprint density at radius 1 is 1.18 bits per heavy atom. The van der Waals surface area contributed by atoms with Crippen LogP contribution >= 0.6 is 0 Å². The lowest BCUT2D eigenvalue weighted by Gasteiger charge is -2.28. The van der Waals surface area contributed by atoms with Crippen molar-refractivity contribution in [2.24, 2.45) is 5.92 Å². The quantitative estimate of drug-likeness (QED) is 0.472. The number of fused-ring (bicyclic) bond motifs is 1. The zero-order chi connectivity index (χ0) is 23.2. The van der Waals surface area contributed by atoms with E-state index in [2.05, 4.69) is 49.4 Å². The van der Waals surface area contributed by atoms with Crippen molar-refractivity contribution >= 4 is 23.4 Å². The second-order valence-corrected chi connectivity index (χ2v) is 8.29. The molecule has 33 heavy (non-hydrogen) atoms. The molecule has 0 spiro atoms. The summed E-state index contributed by atoms with van der Waals surface area (Å²) in [5.41, 5.74) is 7.23. The number of anilines is 2. The number of allylic oxidation sites excluding steroid dienone is 1. The third kappa shape index (κ3) is 5.70. The van der Waals surface area contributed by atoms with Crippen molar-refractivity contribution in [2.75, 3.05) is 51.4 Å². The molecule has 3 aromatic rings. The fraction of sp³-hybridized carbons (Fsp3) is 0.478. The van der Waals surface area contributed by atoms with Gasteiger partial charge in [0.25, 0.3) is 5.78 Å². The summed E-state index contributed by atoms with van der Waals surface area (Å²) in [6.45, 7) is 5.61. The molecule has 0 unspecified atom stereocenters. The Labute approximate surface area is 193 Å². The van der Waals surface area contributed by atoms with Gasteiger partial charge in [-0.1, -0.05) is 12.1 Å². The minimum Gasteiger partial charge on any atom is -0.493 e. The van der Waals surface area contributed by atoms with Gasteiger partial charge in [-0.15, -0.1) is 5.10 Å². The van der Waals surface area contributed by atoms with Crippen molar-refractivity contribution in [1.82, 2.24) is 29.5 Å². The van der Waals surface area contributed by atoms with Crippen LogP contribution in [0.2, 0.25) is 0 Å². The molecular weight excluding hydrogens is 420 g/mol. The van der Waals surface area contributed by atoms with Crippen molar-refractivity contribution in [3.63, 3.8) is 0 Å². The van der Waals surface area contributed by atoms with Gasteiger partial charge in [0.05, 0.1) is 13.7 Å². The van der Waals surface area contributed by atoms with Crippen molar-refractivity contribution in [2.45, 2.75) is 26.2 Å². The highest BCUT2D eigenvalue weighted by atomic mass is 16.5. The number of aromatic nitrogens is 5. The highest BCUT2D eigenvalue weighted by Crippen LogP contribution is 2.19. The predicted molar refractivity (Wildman–Crippen MR) is 128 cm³/mol. The molecule has 0 atom stereocenters. The second-order valence-electron chi connectivity index (χ2n) is 8.29. The Morgan fingerprint density at radius 2 is 1.94 bits per heavy atom. The molecule has 0 amide bonds. The fourth-order valence-electron chi connectivity index (χ4n) is 3.84. The van der Waals surface area contributed by atoms with Crippen LogP contribution in [0.15, 0.2) is 30.3 Å². The standard InChI is InChI=1S/C23H32N8O2/c1-4-19(32-3)20-26-23-28-22(27-21(24)31(23)29-20)25-12-9-16-5-7-18(8-6-16)33-15-17-10-13-30(2)14-11-17/h4-8,17H,9-15H2,1-3H3,(H3,24,25,26,27,28,29)/b19-4-. The van der Waals surface area contributed by atoms with Gasteiger partial charge >= 0.3 is 0 Å². The summed E-state index contributed by atoms with van der Waals surface area (Å²) in [6, 6.07) is 8.27. The van der Waals surface area contributed by atoms with Crippen LogP contribution in [0.4, 0.5) is 11.9 Å². The number of ether oxygens (including phenoxy) is 2. The van der Waals surface area contributed by atoms with Gasteiger partial charge in [-0.05, 0) is 76.0 Å². The van der Waals surface area contributed by atoms with Gasteiger partial charge in [0.1, 0.15) is 5.75 Å². The van der Waals surface area contributed by atoms with E-state index in [-0.39, 0.29) is 5.95 Å². The lowest BCUT2D eigenvalue weighted by Crippen LogP contribution is -2.32. The molecule has 10 heteroatoms. The molecule has 2 aromatic heterocycles. The number of rotatable bonds is 9. The smallest absolute Gasteiger partial charge is 0.259 e. The highest BCUT2D eigenvalue weighted by Gasteiger charge is 2.17. The van der Waals surface area contributed by atoms with Crippen molar-refractivity contribution < 1.29 is 9.47 Å². The van der Waals surface area contributed by atoms with Gasteiger partial charge in [-0.3, -0.25) is 0 Å². The van der Waals surface area contributed by atoms with E-state index in [4.69, 9.17) is 15.2 Å². The first-order valence-corrected chi connectivity index (χ1v) is 11.3. The van der Waals surface area contributed by atoms with Crippen LogP contribution < -0.4 is 15.8 Å². The third-order valence-corrected chi connectivity index (χ3v) is 5.88. The lowest BCUT2D eigenvalue weighted by atomic mass is 9.98. The summed E-state index contributed by atoms with van der Waals surface area (Å²) in [6.07, 6.45) is 5.01. The summed E-state index contributed by atoms with van der Waals surface area (Å²) in [7, 11) is 3.74. The number of nitrogens with two attached hydrogens (primary N) is 1. The molecule has 4 rings (SSSR count). The Bertz CT molecular complexity index is 1090. The van der Waals surface area contributed by atoms with E-state index in [1.165, 1.54) is 22.9 Å². The zero-order valence-electron chi connectivity index (χ0n) is 19.5. The molecule has 0 aliphatic carbocycles. The maximum atomic E-state index is 6.03. The molecule has 1 fully saturated rings. The molecule has 10 nitrogen and oxygen atoms in total. The molecule has 1 aromatic carbocycles. The van der Waals surface area contributed by atoms with E-state index in [1.54, 1.807) is 13.2 Å². The Hall–Kier alpha value is -3.40. The number of nitrogens with one attached hydrogen (secondary N) is 1. The van der Waals surface area contributed by atoms with Crippen LogP contribution in [0.1, 0.15) is 31.2 Å². The minimum absolute atomic E-state index is 0.207. The van der Waals surface area contributed by atoms with E-state index >= 15 is 0 Å². The fourth-order valence-corrected chi connectivity index (χ4v) is 3.84. The Morgan fingerprint density at radius 3 is 2.64 bits per heavy atom. The van der Waals surface area contributed by atoms with Gasteiger partial charge in [0.2, 0.25) is 17.7 Å². The highest BCUT2D eigenvalue weighted by molar-refractivity contribution is 5.55. The first-order valence-electron chi connectivity index (χ1n) is 11.3. The molecule has 3 heterocycles. The summed E-state index contributed by atoms with van der Waals surface area (Å²) < 4.78 is 12.7. The number of methoxy groups -OCH3 is 1. The van der Waals surface area contributed by atoms with Crippen molar-refractivity contribution in [1.29, 1.82) is 0 Å². The number of benzene rings is 1. The van der Waals surface area contributed by atoms with Crippen LogP contribution in [0.5, 0.6) is 5.75 Å². The topological polar surface area (TPSA) is 116 Å². The van der Waals surface area contributed by atoms with Crippen molar-refractivity contribution in [3.8, 4) is 5.75 Å². The molecule has 1 aliphatic heterocycles. The second kappa shape index (κ2) is 10.5. The van der Waals surface area contributed by atoms with E-state index < -0.39 is 0 Å². The first kappa shape index (κ1) is 22.8. The third-order valence-electron chi connectivity index (χ3n) is 5.88. The number of nitrogen functional groups attached to an aromatic ring is 1. The maximum absolute atomic E-state index is 6.03. The van der Waals surface area contributed by atoms with Crippen LogP contribution in [0.3, 0.4) is 0 Å². The molecule has 1 aliphatic rings. The van der Waals surface area contributed by atoms with E-state index in [9.17, 15) is 0 Å². The summed E-state index contributed by atoms with van der Waals surface area (Å²) in [5, 5.41) is 7.51. The number of piperidine rings is 1. The average molecular weight is 453 g/mol. The normalized spacial score (nSPS) is 15.7. The zero-order valence-corrected chi connectivity index (χ0v) is 19.5. The van der Waals surface area contributed by atoms with Gasteiger partial charge < -0.3 is 25.4 Å². The number of hydrogen-bond donors (Lipinski definition) is 2. The van der Waals surface area contributed by atoms with E-state index in [0.717, 1.165) is 31.9 Å². The first-order chi connectivity index (χ1) is 16.1. The van der Waals surface area contributed by atoms with Crippen LogP contribution in [-0.4, -0.2) is 69.9 Å². The number of nitrogens with zero attached hydrogens (tertiary/aromatic N) is 6. The SMILES string of the molecule is C/C=C(\OC)c1nc2nc(NCCc3ccc(OCC4CCN(C)CC4)cc3)nc(N)n2n1. The molecule has 0 bridgehead atoms. The molecule has 176 valence electrons. The number of hydrogen-bond acceptors (Lipinski definition) is 9. The van der Waals surface area contributed by atoms with Crippen molar-refractivity contribution in [3.05, 3.63) is 41.7 Å². The van der Waals surface area contributed by atoms with Crippen LogP contribution in [0.25, 0.3) is 11.5 Å². The van der Waals surface area contributed by atoms with E-state index in [1.807, 2.05) is 19.1 Å². The Kier molecular flexibility index (Phi) is 7.23. The monoisotopic (exact) mass is 452 g/mol. The maximum Gasteiger partial charge on any atom is 0.259 e.